The van der Waals surface area contributed by atoms with Gasteiger partial charge in [-0.15, -0.1) is 0 Å². The third kappa shape index (κ3) is 6.11. The number of amides is 2. The molecular weight excluding hydrogens is 524 g/mol. The maximum atomic E-state index is 13.4. The molecule has 12 nitrogen and oxygen atoms in total. The average Bonchev–Trinajstić information content (AvgIpc) is 3.36. The van der Waals surface area contributed by atoms with Crippen molar-refractivity contribution >= 4 is 28.6 Å². The molecule has 0 aromatic carbocycles. The van der Waals surface area contributed by atoms with Gasteiger partial charge >= 0.3 is 0 Å². The molecule has 4 heterocycles. The minimum absolute atomic E-state index is 0.0225. The fraction of sp³-hybridized carbons (Fsp3) is 0.483. The van der Waals surface area contributed by atoms with Gasteiger partial charge in [0, 0.05) is 62.1 Å². The van der Waals surface area contributed by atoms with E-state index in [1.54, 1.807) is 28.8 Å². The fourth-order valence-electron chi connectivity index (χ4n) is 5.27. The van der Waals surface area contributed by atoms with Crippen LogP contribution >= 0.6 is 0 Å². The molecule has 12 heteroatoms. The van der Waals surface area contributed by atoms with Crippen LogP contribution in [0, 0.1) is 11.3 Å². The van der Waals surface area contributed by atoms with Crippen LogP contribution in [0.3, 0.4) is 0 Å². The lowest BCUT2D eigenvalue weighted by molar-refractivity contribution is -0.181. The summed E-state index contributed by atoms with van der Waals surface area (Å²) in [4.78, 5) is 36.2. The third-order valence-corrected chi connectivity index (χ3v) is 7.63. The maximum Gasteiger partial charge on any atom is 0.258 e. The Morgan fingerprint density at radius 2 is 1.98 bits per heavy atom. The van der Waals surface area contributed by atoms with Gasteiger partial charge in [0.25, 0.3) is 5.91 Å². The molecule has 0 spiro atoms. The number of aromatic nitrogens is 2. The first-order valence-corrected chi connectivity index (χ1v) is 13.5. The molecule has 0 atom stereocenters. The van der Waals surface area contributed by atoms with Gasteiger partial charge in [0.2, 0.25) is 5.91 Å². The molecule has 2 aromatic rings. The van der Waals surface area contributed by atoms with E-state index in [9.17, 15) is 14.9 Å². The number of likely N-dealkylation sites (N-methyl/N-ethyl adjacent to an activating group) is 1. The second kappa shape index (κ2) is 12.5. The molecule has 41 heavy (non-hydrogen) atoms. The number of carbonyl (C=O) groups is 2. The van der Waals surface area contributed by atoms with E-state index >= 15 is 0 Å². The Labute approximate surface area is 240 Å². The van der Waals surface area contributed by atoms with Crippen LogP contribution < -0.4 is 10.5 Å². The summed E-state index contributed by atoms with van der Waals surface area (Å²) in [6, 6.07) is 3.98. The SMILES string of the molecule is COc1cc(C(=CN)C(C)=NC2CCN(C(=O)C3(OC)CN(C(=O)/C=C/CN(C)C)C3)CC2)cn2ncc(C#N)c12. The highest BCUT2D eigenvalue weighted by molar-refractivity contribution is 6.22. The van der Waals surface area contributed by atoms with Gasteiger partial charge in [0.05, 0.1) is 32.4 Å². The molecule has 0 bridgehead atoms. The molecule has 4 rings (SSSR count). The number of fused-ring (bicyclic) bond motifs is 1. The van der Waals surface area contributed by atoms with Crippen molar-refractivity contribution in [3.05, 3.63) is 47.9 Å². The topological polar surface area (TPSA) is 142 Å². The number of pyridine rings is 1. The van der Waals surface area contributed by atoms with Gasteiger partial charge in [-0.1, -0.05) is 6.08 Å². The van der Waals surface area contributed by atoms with Crippen molar-refractivity contribution in [1.82, 2.24) is 24.3 Å². The number of nitrogens with two attached hydrogens (primary N) is 1. The molecule has 2 fully saturated rings. The highest BCUT2D eigenvalue weighted by atomic mass is 16.5. The number of aliphatic imine (C=N–C) groups is 1. The minimum atomic E-state index is -0.998. The summed E-state index contributed by atoms with van der Waals surface area (Å²) in [5.74, 6) is 0.317. The molecule has 2 aliphatic rings. The van der Waals surface area contributed by atoms with Gasteiger partial charge < -0.3 is 29.9 Å². The lowest BCUT2D eigenvalue weighted by Crippen LogP contribution is -2.71. The van der Waals surface area contributed by atoms with E-state index in [0.29, 0.717) is 49.3 Å². The first-order valence-electron chi connectivity index (χ1n) is 13.5. The number of piperidine rings is 1. The predicted octanol–water partition coefficient (Wildman–Crippen LogP) is 1.31. The molecule has 0 saturated carbocycles. The Morgan fingerprint density at radius 1 is 1.27 bits per heavy atom. The highest BCUT2D eigenvalue weighted by Crippen LogP contribution is 2.31. The molecule has 2 saturated heterocycles. The zero-order chi connectivity index (χ0) is 29.7. The van der Waals surface area contributed by atoms with E-state index in [4.69, 9.17) is 20.2 Å². The standard InChI is InChI=1S/C29H38N8O4/c1-20(24(15-31)21-13-25(40-4)27-22(14-30)16-32-37(27)17-21)33-23-8-11-35(12-9-23)28(39)29(41-5)18-36(19-29)26(38)7-6-10-34(2)3/h6-7,13,15-17,23H,8-12,18-19,31H2,1-5H3/b7-6+,24-15?,33-20?. The third-order valence-electron chi connectivity index (χ3n) is 7.63. The summed E-state index contributed by atoms with van der Waals surface area (Å²) < 4.78 is 12.8. The normalized spacial score (nSPS) is 18.2. The minimum Gasteiger partial charge on any atom is -0.494 e. The molecule has 2 amide bonds. The molecule has 218 valence electrons. The number of nitriles is 1. The molecule has 2 aliphatic heterocycles. The molecular formula is C29H38N8O4. The molecule has 2 N–H and O–H groups in total. The highest BCUT2D eigenvalue weighted by Gasteiger charge is 2.53. The van der Waals surface area contributed by atoms with Crippen LogP contribution in [0.25, 0.3) is 11.1 Å². The Kier molecular flexibility index (Phi) is 9.10. The monoisotopic (exact) mass is 562 g/mol. The van der Waals surface area contributed by atoms with Crippen LogP contribution in [-0.4, -0.2) is 115 Å². The largest absolute Gasteiger partial charge is 0.494 e. The second-order valence-electron chi connectivity index (χ2n) is 10.6. The quantitative estimate of drug-likeness (QED) is 0.356. The van der Waals surface area contributed by atoms with E-state index in [2.05, 4.69) is 11.2 Å². The van der Waals surface area contributed by atoms with Crippen molar-refractivity contribution in [2.45, 2.75) is 31.4 Å². The van der Waals surface area contributed by atoms with Crippen LogP contribution in [0.2, 0.25) is 0 Å². The van der Waals surface area contributed by atoms with Gasteiger partial charge in [-0.25, -0.2) is 4.52 Å². The second-order valence-corrected chi connectivity index (χ2v) is 10.6. The van der Waals surface area contributed by atoms with Crippen LogP contribution in [0.15, 0.2) is 41.8 Å². The number of carbonyl (C=O) groups excluding carboxylic acids is 2. The number of allylic oxidation sites excluding steroid dienone is 1. The van der Waals surface area contributed by atoms with E-state index in [1.165, 1.54) is 19.5 Å². The number of ether oxygens (including phenoxy) is 2. The lowest BCUT2D eigenvalue weighted by Gasteiger charge is -2.49. The van der Waals surface area contributed by atoms with Gasteiger partial charge in [-0.05, 0) is 39.9 Å². The number of hydrogen-bond donors (Lipinski definition) is 1. The van der Waals surface area contributed by atoms with Crippen molar-refractivity contribution in [3.63, 3.8) is 0 Å². The van der Waals surface area contributed by atoms with Gasteiger partial charge in [-0.3, -0.25) is 14.6 Å². The van der Waals surface area contributed by atoms with Crippen molar-refractivity contribution < 1.29 is 19.1 Å². The number of hydrogen-bond acceptors (Lipinski definition) is 9. The van der Waals surface area contributed by atoms with Gasteiger partial charge in [0.15, 0.2) is 5.60 Å². The first-order chi connectivity index (χ1) is 19.7. The van der Waals surface area contributed by atoms with Gasteiger partial charge in [-0.2, -0.15) is 10.4 Å². The lowest BCUT2D eigenvalue weighted by atomic mass is 9.90. The Balaban J connectivity index is 1.38. The van der Waals surface area contributed by atoms with Crippen LogP contribution in [0.4, 0.5) is 0 Å². The molecule has 0 aliphatic carbocycles. The molecule has 0 radical (unpaired) electrons. The van der Waals surface area contributed by atoms with Crippen LogP contribution in [0.5, 0.6) is 5.75 Å². The van der Waals surface area contributed by atoms with E-state index in [-0.39, 0.29) is 30.9 Å². The van der Waals surface area contributed by atoms with Crippen molar-refractivity contribution in [2.24, 2.45) is 10.7 Å². The number of rotatable bonds is 9. The summed E-state index contributed by atoms with van der Waals surface area (Å²) in [5.41, 5.74) is 8.30. The zero-order valence-electron chi connectivity index (χ0n) is 24.3. The van der Waals surface area contributed by atoms with Crippen molar-refractivity contribution in [3.8, 4) is 11.8 Å². The molecule has 2 aromatic heterocycles. The van der Waals surface area contributed by atoms with Crippen LogP contribution in [-0.2, 0) is 14.3 Å². The fourth-order valence-corrected chi connectivity index (χ4v) is 5.27. The maximum absolute atomic E-state index is 13.4. The van der Waals surface area contributed by atoms with Crippen molar-refractivity contribution in [2.75, 3.05) is 61.0 Å². The average molecular weight is 563 g/mol. The Bertz CT molecular complexity index is 1420. The number of methoxy groups -OCH3 is 2. The summed E-state index contributed by atoms with van der Waals surface area (Å²) >= 11 is 0. The van der Waals surface area contributed by atoms with E-state index < -0.39 is 5.60 Å². The zero-order valence-corrected chi connectivity index (χ0v) is 24.3. The van der Waals surface area contributed by atoms with Crippen LogP contribution in [0.1, 0.15) is 30.9 Å². The Hall–Kier alpha value is -4.21. The van der Waals surface area contributed by atoms with Gasteiger partial charge in [0.1, 0.15) is 22.9 Å². The van der Waals surface area contributed by atoms with E-state index in [0.717, 1.165) is 16.8 Å². The summed E-state index contributed by atoms with van der Waals surface area (Å²) in [5, 5.41) is 13.7. The number of likely N-dealkylation sites (tertiary alicyclic amines) is 2. The number of nitrogens with zero attached hydrogens (tertiary/aromatic N) is 7. The predicted molar refractivity (Wildman–Crippen MR) is 155 cm³/mol. The van der Waals surface area contributed by atoms with E-state index in [1.807, 2.05) is 43.0 Å². The van der Waals surface area contributed by atoms with Crippen molar-refractivity contribution in [1.29, 1.82) is 5.26 Å². The summed E-state index contributed by atoms with van der Waals surface area (Å²) in [6.07, 6.45) is 9.56. The molecule has 0 unspecified atom stereocenters. The smallest absolute Gasteiger partial charge is 0.258 e. The summed E-state index contributed by atoms with van der Waals surface area (Å²) in [6.45, 7) is 4.17. The Morgan fingerprint density at radius 3 is 2.56 bits per heavy atom. The summed E-state index contributed by atoms with van der Waals surface area (Å²) in [7, 11) is 6.94. The first kappa shape index (κ1) is 29.8.